The van der Waals surface area contributed by atoms with E-state index in [0.717, 1.165) is 73.9 Å². The van der Waals surface area contributed by atoms with Crippen LogP contribution in [0.5, 0.6) is 0 Å². The fourth-order valence-corrected chi connectivity index (χ4v) is 10.3. The second-order valence-electron chi connectivity index (χ2n) is 16.6. The van der Waals surface area contributed by atoms with Gasteiger partial charge in [0.2, 0.25) is 11.8 Å². The molecule has 1 fully saturated rings. The van der Waals surface area contributed by atoms with Crippen LogP contribution in [0.2, 0.25) is 0 Å². The minimum atomic E-state index is -5.58. The van der Waals surface area contributed by atoms with Gasteiger partial charge in [-0.25, -0.2) is 28.6 Å². The topological polar surface area (TPSA) is 364 Å². The minimum Gasteiger partial charge on any atom is -0.386 e. The standard InChI is InChI=1S/C39H68N7O17P3S.Li/c1-4-5-6-7-8-9-10-11-12-13-14-15-16-17-18-19-30(48)67-23-22-41-29(47)20-21-42-37(51)34(50)39(2,3)25-60-66(57,58)63-65(55,56)59-24-28-33(62-64(52,53)54)32(49)38(61-28)46-27-45-31-35(40)43-26-44-36(31)46;/h11-12,26-28,32-34,38,49-50H,4-10,13-25H2,1-3H3,(H,41,47)(H,42,51)(H,55,56)(H,57,58)(H2,40,43,44)(H2,52,53,54);/t28-,32-,33-,34+,38-;/m1./s1. The number of carbonyl (C=O) groups is 3. The number of imidazole rings is 1. The zero-order chi connectivity index (χ0) is 49.7. The van der Waals surface area contributed by atoms with Crippen LogP contribution < -0.4 is 16.4 Å². The molecule has 2 unspecified atom stereocenters. The van der Waals surface area contributed by atoms with Gasteiger partial charge in [0.15, 0.2) is 22.8 Å². The molecule has 383 valence electrons. The van der Waals surface area contributed by atoms with Crippen molar-refractivity contribution < 1.29 is 80.5 Å². The Balaban J connectivity index is 0.0000159. The summed E-state index contributed by atoms with van der Waals surface area (Å²) in [6.45, 7) is 2.79. The number of aliphatic hydroxyl groups is 2. The summed E-state index contributed by atoms with van der Waals surface area (Å²) in [5, 5.41) is 26.7. The molecule has 7 atom stereocenters. The van der Waals surface area contributed by atoms with Crippen LogP contribution in [0.15, 0.2) is 24.8 Å². The molecule has 0 spiro atoms. The maximum atomic E-state index is 12.7. The van der Waals surface area contributed by atoms with Crippen molar-refractivity contribution in [1.82, 2.24) is 30.2 Å². The number of anilines is 1. The first-order valence-corrected chi connectivity index (χ1v) is 27.8. The predicted octanol–water partition coefficient (Wildman–Crippen LogP) is 4.32. The van der Waals surface area contributed by atoms with Crippen molar-refractivity contribution in [2.45, 2.75) is 148 Å². The zero-order valence-corrected chi connectivity index (χ0v) is 42.6. The fourth-order valence-electron chi connectivity index (χ4n) is 6.71. The number of nitrogen functional groups attached to an aromatic ring is 1. The predicted molar refractivity (Wildman–Crippen MR) is 252 cm³/mol. The SMILES string of the molecule is CCCCCCCCC=CCCCCCCCC(=O)SCCNC(=O)CCNC(=O)[C@H](O)C(C)(C)COP(=O)(O)OP(=O)(O)OC[C@H]1O[C@@H](n2cnc3c(N)ncnc32)[C@H](O)[C@@H]1OP(=O)(O)O.[Li]. The van der Waals surface area contributed by atoms with Gasteiger partial charge < -0.3 is 50.9 Å². The number of ether oxygens (including phenoxy) is 1. The molecule has 2 aromatic rings. The van der Waals surface area contributed by atoms with Crippen molar-refractivity contribution in [1.29, 1.82) is 0 Å². The number of aromatic nitrogens is 4. The van der Waals surface area contributed by atoms with Gasteiger partial charge in [-0.15, -0.1) is 0 Å². The molecule has 0 saturated carbocycles. The van der Waals surface area contributed by atoms with E-state index >= 15 is 0 Å². The van der Waals surface area contributed by atoms with Crippen LogP contribution in [0.25, 0.3) is 11.2 Å². The molecule has 3 heterocycles. The average molecular weight is 1040 g/mol. The van der Waals surface area contributed by atoms with E-state index in [4.69, 9.17) is 19.5 Å². The third-order valence-corrected chi connectivity index (χ3v) is 14.4. The molecule has 0 bridgehead atoms. The smallest absolute Gasteiger partial charge is 0.386 e. The van der Waals surface area contributed by atoms with Gasteiger partial charge in [0.25, 0.3) is 0 Å². The number of allylic oxidation sites excluding steroid dienone is 2. The number of hydrogen-bond donors (Lipinski definition) is 9. The Morgan fingerprint density at radius 1 is 0.897 bits per heavy atom. The Hall–Kier alpha value is -2.10. The van der Waals surface area contributed by atoms with Crippen LogP contribution >= 0.6 is 35.2 Å². The quantitative estimate of drug-likeness (QED) is 0.0204. The third kappa shape index (κ3) is 23.0. The molecule has 1 aliphatic rings. The number of phosphoric ester groups is 3. The summed E-state index contributed by atoms with van der Waals surface area (Å²) in [6, 6.07) is 0. The number of fused-ring (bicyclic) bond motifs is 1. The van der Waals surface area contributed by atoms with Gasteiger partial charge in [-0.3, -0.25) is 32.5 Å². The van der Waals surface area contributed by atoms with E-state index in [1.54, 1.807) is 0 Å². The molecule has 3 rings (SSSR count). The van der Waals surface area contributed by atoms with Gasteiger partial charge in [0, 0.05) is 56.0 Å². The molecule has 24 nitrogen and oxygen atoms in total. The van der Waals surface area contributed by atoms with E-state index < -0.39 is 84.6 Å². The molecule has 2 amide bonds. The minimum absolute atomic E-state index is 0. The van der Waals surface area contributed by atoms with Gasteiger partial charge >= 0.3 is 23.5 Å². The van der Waals surface area contributed by atoms with Crippen molar-refractivity contribution in [2.75, 3.05) is 37.8 Å². The van der Waals surface area contributed by atoms with Crippen molar-refractivity contribution in [2.24, 2.45) is 5.41 Å². The molecule has 1 aliphatic heterocycles. The Kier molecular flexibility index (Phi) is 28.0. The van der Waals surface area contributed by atoms with E-state index in [0.29, 0.717) is 12.2 Å². The molecule has 68 heavy (non-hydrogen) atoms. The normalized spacial score (nSPS) is 19.9. The van der Waals surface area contributed by atoms with Gasteiger partial charge in [-0.1, -0.05) is 96.1 Å². The summed E-state index contributed by atoms with van der Waals surface area (Å²) in [5.74, 6) is -1.03. The number of hydrogen-bond acceptors (Lipinski definition) is 18. The summed E-state index contributed by atoms with van der Waals surface area (Å²) < 4.78 is 62.4. The van der Waals surface area contributed by atoms with E-state index in [9.17, 15) is 57.9 Å². The number of phosphoric acid groups is 3. The number of aliphatic hydroxyl groups excluding tert-OH is 2. The number of nitrogens with zero attached hydrogens (tertiary/aromatic N) is 4. The van der Waals surface area contributed by atoms with Crippen LogP contribution in [0.1, 0.15) is 123 Å². The van der Waals surface area contributed by atoms with Gasteiger partial charge in [-0.2, -0.15) is 4.31 Å². The van der Waals surface area contributed by atoms with Crippen molar-refractivity contribution in [3.8, 4) is 0 Å². The van der Waals surface area contributed by atoms with Crippen LogP contribution in [-0.4, -0.2) is 142 Å². The maximum absolute atomic E-state index is 12.7. The molecule has 29 heteroatoms. The Morgan fingerprint density at radius 3 is 2.16 bits per heavy atom. The molecule has 2 aromatic heterocycles. The second-order valence-corrected chi connectivity index (χ2v) is 22.0. The summed E-state index contributed by atoms with van der Waals surface area (Å²) in [6.07, 6.45) is 13.5. The van der Waals surface area contributed by atoms with Crippen molar-refractivity contribution >= 4 is 88.0 Å². The molecule has 0 aromatic carbocycles. The molecular weight excluding hydrogens is 970 g/mol. The third-order valence-electron chi connectivity index (χ3n) is 10.4. The number of nitrogens with two attached hydrogens (primary N) is 1. The van der Waals surface area contributed by atoms with E-state index in [1.165, 1.54) is 52.4 Å². The van der Waals surface area contributed by atoms with Crippen molar-refractivity contribution in [3.63, 3.8) is 0 Å². The maximum Gasteiger partial charge on any atom is 0.481 e. The molecular formula is C39H68LiN7O17P3S. The largest absolute Gasteiger partial charge is 0.481 e. The zero-order valence-electron chi connectivity index (χ0n) is 39.1. The van der Waals surface area contributed by atoms with Gasteiger partial charge in [-0.05, 0) is 32.1 Å². The first kappa shape index (κ1) is 62.0. The van der Waals surface area contributed by atoms with Crippen molar-refractivity contribution in [3.05, 3.63) is 24.8 Å². The summed E-state index contributed by atoms with van der Waals surface area (Å²) in [5.41, 5.74) is 4.29. The van der Waals surface area contributed by atoms with Crippen LogP contribution in [0.3, 0.4) is 0 Å². The second kappa shape index (κ2) is 30.7. The van der Waals surface area contributed by atoms with Crippen LogP contribution in [0.4, 0.5) is 5.82 Å². The Bertz CT molecular complexity index is 2050. The number of nitrogens with one attached hydrogen (secondary N) is 2. The Labute approximate surface area is 412 Å². The number of carbonyl (C=O) groups excluding carboxylic acids is 3. The van der Waals surface area contributed by atoms with E-state index in [1.807, 2.05) is 0 Å². The number of unbranched alkanes of at least 4 members (excludes halogenated alkanes) is 11. The van der Waals surface area contributed by atoms with Gasteiger partial charge in [0.05, 0.1) is 19.5 Å². The van der Waals surface area contributed by atoms with Crippen LogP contribution in [-0.2, 0) is 50.7 Å². The first-order chi connectivity index (χ1) is 31.6. The molecule has 10 N–H and O–H groups in total. The average Bonchev–Trinajstić information content (AvgIpc) is 3.81. The number of amides is 2. The fraction of sp³-hybridized carbons (Fsp3) is 0.744. The monoisotopic (exact) mass is 1040 g/mol. The van der Waals surface area contributed by atoms with Gasteiger partial charge in [0.1, 0.15) is 36.3 Å². The number of thioether (sulfide) groups is 1. The summed E-state index contributed by atoms with van der Waals surface area (Å²) in [4.78, 5) is 88.3. The Morgan fingerprint density at radius 2 is 1.51 bits per heavy atom. The number of rotatable bonds is 34. The molecule has 1 radical (unpaired) electrons. The first-order valence-electron chi connectivity index (χ1n) is 22.3. The summed E-state index contributed by atoms with van der Waals surface area (Å²) in [7, 11) is -16.4. The van der Waals surface area contributed by atoms with E-state index in [2.05, 4.69) is 53.5 Å². The van der Waals surface area contributed by atoms with Crippen LogP contribution in [0, 0.1) is 5.41 Å². The summed E-state index contributed by atoms with van der Waals surface area (Å²) >= 11 is 1.15. The van der Waals surface area contributed by atoms with E-state index in [-0.39, 0.29) is 60.5 Å². The molecule has 0 aliphatic carbocycles. The molecule has 1 saturated heterocycles.